The third-order valence-electron chi connectivity index (χ3n) is 9.51. The van der Waals surface area contributed by atoms with Crippen molar-refractivity contribution in [3.05, 3.63) is 87.1 Å². The zero-order valence-corrected chi connectivity index (χ0v) is 28.1. The molecule has 1 aliphatic heterocycles. The average Bonchev–Trinajstić information content (AvgIpc) is 3.67. The number of carbonyl (C=O) groups excluding carboxylic acids is 1. The maximum absolute atomic E-state index is 14.6. The lowest BCUT2D eigenvalue weighted by atomic mass is 9.90. The summed E-state index contributed by atoms with van der Waals surface area (Å²) in [6.45, 7) is 9.61. The number of aryl methyl sites for hydroxylation is 2. The standard InChI is InChI=1S/C37H46N6O4/c1-6-11-32-30(21-24-14-19-28(25-12-9-8-10-13-25)29(20-24)31-22-34(44)40-39-31)35(45)42(36-38-23(3)41-43(32)36)26-15-17-27(18-16-26)47-33(7-2)37(4,5)46/h8-10,12-14,19-20,26-27,33,46H,6-7,11,15-18,21-22H2,1-5H3,(H,40,44). The Bertz CT molecular complexity index is 1840. The first-order chi connectivity index (χ1) is 22.6. The minimum atomic E-state index is -0.909. The Balaban J connectivity index is 1.38. The number of fused-ring (bicyclic) bond motifs is 1. The molecular formula is C37H46N6O4. The normalized spacial score (nSPS) is 19.2. The van der Waals surface area contributed by atoms with Crippen molar-refractivity contribution in [2.24, 2.45) is 5.10 Å². The molecular weight excluding hydrogens is 592 g/mol. The van der Waals surface area contributed by atoms with Crippen molar-refractivity contribution in [2.45, 2.75) is 116 Å². The summed E-state index contributed by atoms with van der Waals surface area (Å²) >= 11 is 0. The number of aliphatic hydroxyl groups is 1. The lowest BCUT2D eigenvalue weighted by molar-refractivity contribution is -0.128. The van der Waals surface area contributed by atoms with Gasteiger partial charge in [0.15, 0.2) is 0 Å². The highest BCUT2D eigenvalue weighted by molar-refractivity contribution is 6.16. The molecule has 10 heteroatoms. The topological polar surface area (TPSA) is 123 Å². The summed E-state index contributed by atoms with van der Waals surface area (Å²) in [5.74, 6) is 1.10. The van der Waals surface area contributed by atoms with Crippen molar-refractivity contribution in [3.63, 3.8) is 0 Å². The first-order valence-corrected chi connectivity index (χ1v) is 17.0. The van der Waals surface area contributed by atoms with Crippen LogP contribution in [0.1, 0.15) is 107 Å². The van der Waals surface area contributed by atoms with Gasteiger partial charge in [0.05, 0.1) is 35.6 Å². The Labute approximate surface area is 275 Å². The predicted octanol–water partition coefficient (Wildman–Crippen LogP) is 5.68. The molecule has 248 valence electrons. The van der Waals surface area contributed by atoms with E-state index in [0.717, 1.165) is 72.0 Å². The smallest absolute Gasteiger partial charge is 0.259 e. The molecule has 1 saturated carbocycles. The van der Waals surface area contributed by atoms with Gasteiger partial charge in [-0.05, 0) is 82.1 Å². The number of benzene rings is 2. The van der Waals surface area contributed by atoms with Crippen LogP contribution in [0.5, 0.6) is 0 Å². The van der Waals surface area contributed by atoms with Crippen LogP contribution in [0.15, 0.2) is 58.4 Å². The van der Waals surface area contributed by atoms with Crippen LogP contribution in [0.2, 0.25) is 0 Å². The molecule has 2 aliphatic rings. The van der Waals surface area contributed by atoms with Gasteiger partial charge in [-0.2, -0.15) is 15.2 Å². The van der Waals surface area contributed by atoms with Crippen LogP contribution in [-0.2, 0) is 22.4 Å². The van der Waals surface area contributed by atoms with E-state index in [9.17, 15) is 14.7 Å². The largest absolute Gasteiger partial charge is 0.388 e. The third-order valence-corrected chi connectivity index (χ3v) is 9.51. The lowest BCUT2D eigenvalue weighted by Gasteiger charge is -2.36. The van der Waals surface area contributed by atoms with E-state index in [0.29, 0.717) is 30.2 Å². The van der Waals surface area contributed by atoms with Crippen molar-refractivity contribution in [1.29, 1.82) is 0 Å². The Hall–Kier alpha value is -4.15. The summed E-state index contributed by atoms with van der Waals surface area (Å²) in [7, 11) is 0. The highest BCUT2D eigenvalue weighted by Gasteiger charge is 2.33. The highest BCUT2D eigenvalue weighted by atomic mass is 16.5. The second kappa shape index (κ2) is 13.5. The van der Waals surface area contributed by atoms with Gasteiger partial charge in [0, 0.05) is 23.6 Å². The van der Waals surface area contributed by atoms with Crippen LogP contribution < -0.4 is 11.0 Å². The van der Waals surface area contributed by atoms with Gasteiger partial charge in [0.25, 0.3) is 5.56 Å². The van der Waals surface area contributed by atoms with Crippen LogP contribution >= 0.6 is 0 Å². The number of nitrogens with zero attached hydrogens (tertiary/aromatic N) is 5. The van der Waals surface area contributed by atoms with Gasteiger partial charge in [-0.25, -0.2) is 9.94 Å². The number of hydrazone groups is 1. The minimum Gasteiger partial charge on any atom is -0.388 e. The van der Waals surface area contributed by atoms with Crippen LogP contribution in [0, 0.1) is 6.92 Å². The monoisotopic (exact) mass is 638 g/mol. The van der Waals surface area contributed by atoms with Gasteiger partial charge >= 0.3 is 0 Å². The zero-order chi connectivity index (χ0) is 33.3. The Morgan fingerprint density at radius 2 is 1.79 bits per heavy atom. The fourth-order valence-corrected chi connectivity index (χ4v) is 7.19. The molecule has 1 unspecified atom stereocenters. The fourth-order valence-electron chi connectivity index (χ4n) is 7.19. The van der Waals surface area contributed by atoms with Crippen LogP contribution in [0.4, 0.5) is 0 Å². The molecule has 0 saturated heterocycles. The quantitative estimate of drug-likeness (QED) is 0.218. The Kier molecular flexibility index (Phi) is 9.43. The predicted molar refractivity (Wildman–Crippen MR) is 183 cm³/mol. The van der Waals surface area contributed by atoms with E-state index < -0.39 is 5.60 Å². The molecule has 3 heterocycles. The average molecular weight is 639 g/mol. The van der Waals surface area contributed by atoms with Gasteiger partial charge in [0.2, 0.25) is 11.7 Å². The van der Waals surface area contributed by atoms with Gasteiger partial charge in [-0.1, -0.05) is 62.7 Å². The third kappa shape index (κ3) is 6.80. The van der Waals surface area contributed by atoms with Gasteiger partial charge in [-0.3, -0.25) is 14.2 Å². The molecule has 2 aromatic heterocycles. The summed E-state index contributed by atoms with van der Waals surface area (Å²) in [5.41, 5.74) is 7.85. The van der Waals surface area contributed by atoms with E-state index in [4.69, 9.17) is 14.8 Å². The number of carbonyl (C=O) groups is 1. The number of aromatic nitrogens is 4. The summed E-state index contributed by atoms with van der Waals surface area (Å²) < 4.78 is 10.1. The van der Waals surface area contributed by atoms with E-state index >= 15 is 0 Å². The van der Waals surface area contributed by atoms with Crippen LogP contribution in [0.25, 0.3) is 16.9 Å². The summed E-state index contributed by atoms with van der Waals surface area (Å²) in [6.07, 6.45) is 5.87. The van der Waals surface area contributed by atoms with Gasteiger partial charge in [0.1, 0.15) is 5.82 Å². The summed E-state index contributed by atoms with van der Waals surface area (Å²) in [4.78, 5) is 31.6. The first kappa shape index (κ1) is 32.8. The molecule has 1 fully saturated rings. The number of hydrogen-bond donors (Lipinski definition) is 2. The molecule has 2 N–H and O–H groups in total. The molecule has 6 rings (SSSR count). The first-order valence-electron chi connectivity index (χ1n) is 17.0. The molecule has 1 aliphatic carbocycles. The van der Waals surface area contributed by atoms with Crippen molar-refractivity contribution >= 4 is 17.4 Å². The van der Waals surface area contributed by atoms with E-state index in [2.05, 4.69) is 47.8 Å². The van der Waals surface area contributed by atoms with E-state index in [1.54, 1.807) is 13.8 Å². The fraction of sp³-hybridized carbons (Fsp3) is 0.486. The minimum absolute atomic E-state index is 0.0237. The number of amides is 1. The number of ether oxygens (including phenoxy) is 1. The summed E-state index contributed by atoms with van der Waals surface area (Å²) in [6, 6.07) is 16.3. The Morgan fingerprint density at radius 3 is 2.43 bits per heavy atom. The second-order valence-electron chi connectivity index (χ2n) is 13.5. The van der Waals surface area contributed by atoms with Gasteiger partial charge in [-0.15, -0.1) is 0 Å². The molecule has 1 atom stereocenters. The maximum Gasteiger partial charge on any atom is 0.259 e. The molecule has 10 nitrogen and oxygen atoms in total. The van der Waals surface area contributed by atoms with Crippen LogP contribution in [0.3, 0.4) is 0 Å². The highest BCUT2D eigenvalue weighted by Crippen LogP contribution is 2.33. The molecule has 0 bridgehead atoms. The van der Waals surface area contributed by atoms with E-state index in [-0.39, 0.29) is 36.1 Å². The van der Waals surface area contributed by atoms with Crippen molar-refractivity contribution in [3.8, 4) is 11.1 Å². The molecule has 47 heavy (non-hydrogen) atoms. The van der Waals surface area contributed by atoms with Crippen molar-refractivity contribution in [1.82, 2.24) is 24.6 Å². The molecule has 2 aromatic carbocycles. The van der Waals surface area contributed by atoms with Gasteiger partial charge < -0.3 is 9.84 Å². The van der Waals surface area contributed by atoms with E-state index in [1.807, 2.05) is 41.1 Å². The number of hydrogen-bond acceptors (Lipinski definition) is 7. The maximum atomic E-state index is 14.6. The number of rotatable bonds is 11. The molecule has 0 radical (unpaired) electrons. The Morgan fingerprint density at radius 1 is 1.04 bits per heavy atom. The second-order valence-corrected chi connectivity index (χ2v) is 13.5. The van der Waals surface area contributed by atoms with Crippen molar-refractivity contribution < 1.29 is 14.6 Å². The SMILES string of the molecule is CCCc1c(Cc2ccc(-c3ccccc3)c(C3=NNC(=O)C3)c2)c(=O)n(C2CCC(OC(CC)C(C)(C)O)CC2)c2nc(C)nn12. The zero-order valence-electron chi connectivity index (χ0n) is 28.1. The van der Waals surface area contributed by atoms with Crippen LogP contribution in [-0.4, -0.2) is 53.7 Å². The molecule has 0 spiro atoms. The summed E-state index contributed by atoms with van der Waals surface area (Å²) in [5, 5.41) is 19.7. The van der Waals surface area contributed by atoms with Crippen molar-refractivity contribution in [2.75, 3.05) is 0 Å². The number of nitrogens with one attached hydrogen (secondary N) is 1. The lowest BCUT2D eigenvalue weighted by Crippen LogP contribution is -2.41. The molecule has 1 amide bonds. The molecule has 4 aromatic rings. The van der Waals surface area contributed by atoms with E-state index in [1.165, 1.54) is 0 Å².